The topological polar surface area (TPSA) is 77.5 Å². The average molecular weight is 400 g/mol. The lowest BCUT2D eigenvalue weighted by molar-refractivity contribution is -0.118. The van der Waals surface area contributed by atoms with Crippen LogP contribution in [-0.2, 0) is 11.2 Å². The molecular weight excluding hydrogens is 383 g/mol. The Morgan fingerprint density at radius 3 is 2.71 bits per heavy atom. The quantitative estimate of drug-likeness (QED) is 0.583. The highest BCUT2D eigenvalue weighted by Gasteiger charge is 2.11. The molecule has 0 saturated heterocycles. The van der Waals surface area contributed by atoms with Crippen LogP contribution in [-0.4, -0.2) is 30.9 Å². The van der Waals surface area contributed by atoms with Crippen LogP contribution in [0.15, 0.2) is 48.7 Å². The molecule has 0 spiro atoms. The number of benzene rings is 2. The van der Waals surface area contributed by atoms with Gasteiger partial charge in [-0.2, -0.15) is 0 Å². The van der Waals surface area contributed by atoms with Crippen molar-refractivity contribution >= 4 is 28.7 Å². The van der Waals surface area contributed by atoms with E-state index in [0.717, 1.165) is 10.4 Å². The standard InChI is InChI=1S/C20H17FN2O4S/c1-26-17-7-4-14(11-24)9-18(17)27-12-19(25)23-20-22-10-16(28-20)8-13-2-5-15(21)6-3-13/h2-7,9-11H,8,12H2,1H3,(H,22,23,25). The normalized spacial score (nSPS) is 10.4. The Balaban J connectivity index is 1.56. The number of thiazole rings is 1. The molecule has 1 aromatic heterocycles. The van der Waals surface area contributed by atoms with Crippen LogP contribution in [0, 0.1) is 5.82 Å². The van der Waals surface area contributed by atoms with Crippen molar-refractivity contribution < 1.29 is 23.5 Å². The zero-order valence-corrected chi connectivity index (χ0v) is 15.8. The van der Waals surface area contributed by atoms with Crippen molar-refractivity contribution in [3.63, 3.8) is 0 Å². The van der Waals surface area contributed by atoms with E-state index >= 15 is 0 Å². The molecule has 0 radical (unpaired) electrons. The third-order valence-corrected chi connectivity index (χ3v) is 4.69. The van der Waals surface area contributed by atoms with Gasteiger partial charge >= 0.3 is 0 Å². The summed E-state index contributed by atoms with van der Waals surface area (Å²) in [6.45, 7) is -0.258. The number of carbonyl (C=O) groups is 2. The number of aldehydes is 1. The minimum atomic E-state index is -0.388. The summed E-state index contributed by atoms with van der Waals surface area (Å²) in [5.74, 6) is 0.0604. The second-order valence-electron chi connectivity index (χ2n) is 5.80. The molecule has 0 fully saturated rings. The number of methoxy groups -OCH3 is 1. The molecule has 0 aliphatic rings. The fraction of sp³-hybridized carbons (Fsp3) is 0.150. The van der Waals surface area contributed by atoms with Crippen molar-refractivity contribution in [3.8, 4) is 11.5 Å². The second-order valence-corrected chi connectivity index (χ2v) is 6.92. The summed E-state index contributed by atoms with van der Waals surface area (Å²) in [6, 6.07) is 10.9. The molecule has 6 nitrogen and oxygen atoms in total. The lowest BCUT2D eigenvalue weighted by Gasteiger charge is -2.10. The highest BCUT2D eigenvalue weighted by molar-refractivity contribution is 7.15. The van der Waals surface area contributed by atoms with E-state index in [9.17, 15) is 14.0 Å². The van der Waals surface area contributed by atoms with E-state index in [1.165, 1.54) is 36.6 Å². The summed E-state index contributed by atoms with van der Waals surface area (Å²) in [4.78, 5) is 28.1. The number of anilines is 1. The zero-order chi connectivity index (χ0) is 19.9. The molecule has 0 atom stereocenters. The summed E-state index contributed by atoms with van der Waals surface area (Å²) < 4.78 is 23.6. The van der Waals surface area contributed by atoms with Gasteiger partial charge in [-0.3, -0.25) is 14.9 Å². The van der Waals surface area contributed by atoms with Crippen LogP contribution in [0.5, 0.6) is 11.5 Å². The molecule has 3 rings (SSSR count). The van der Waals surface area contributed by atoms with Gasteiger partial charge < -0.3 is 9.47 Å². The summed E-state index contributed by atoms with van der Waals surface area (Å²) >= 11 is 1.33. The average Bonchev–Trinajstić information content (AvgIpc) is 3.14. The highest BCUT2D eigenvalue weighted by Crippen LogP contribution is 2.27. The summed E-state index contributed by atoms with van der Waals surface area (Å²) in [5, 5.41) is 3.11. The van der Waals surface area contributed by atoms with Crippen LogP contribution in [0.3, 0.4) is 0 Å². The maximum Gasteiger partial charge on any atom is 0.264 e. The van der Waals surface area contributed by atoms with Gasteiger partial charge in [0.25, 0.3) is 5.91 Å². The number of rotatable bonds is 8. The van der Waals surface area contributed by atoms with Crippen molar-refractivity contribution in [1.82, 2.24) is 4.98 Å². The molecule has 0 bridgehead atoms. The number of ether oxygens (including phenoxy) is 2. The predicted molar refractivity (Wildman–Crippen MR) is 104 cm³/mol. The zero-order valence-electron chi connectivity index (χ0n) is 15.0. The van der Waals surface area contributed by atoms with Gasteiger partial charge in [-0.05, 0) is 35.9 Å². The Bertz CT molecular complexity index is 973. The fourth-order valence-electron chi connectivity index (χ4n) is 2.43. The van der Waals surface area contributed by atoms with Gasteiger partial charge in [-0.15, -0.1) is 11.3 Å². The van der Waals surface area contributed by atoms with E-state index in [0.29, 0.717) is 34.9 Å². The van der Waals surface area contributed by atoms with E-state index in [2.05, 4.69) is 10.3 Å². The van der Waals surface area contributed by atoms with Crippen LogP contribution < -0.4 is 14.8 Å². The number of hydrogen-bond acceptors (Lipinski definition) is 6. The van der Waals surface area contributed by atoms with Crippen molar-refractivity contribution in [1.29, 1.82) is 0 Å². The minimum absolute atomic E-state index is 0.258. The van der Waals surface area contributed by atoms with Crippen molar-refractivity contribution in [2.24, 2.45) is 0 Å². The van der Waals surface area contributed by atoms with E-state index in [1.54, 1.807) is 30.5 Å². The first-order chi connectivity index (χ1) is 13.6. The predicted octanol–water partition coefficient (Wildman–Crippen LogP) is 3.71. The summed E-state index contributed by atoms with van der Waals surface area (Å²) in [7, 11) is 1.47. The smallest absolute Gasteiger partial charge is 0.264 e. The molecule has 3 aromatic rings. The van der Waals surface area contributed by atoms with Gasteiger partial charge in [0, 0.05) is 23.1 Å². The fourth-order valence-corrected chi connectivity index (χ4v) is 3.29. The Morgan fingerprint density at radius 2 is 2.00 bits per heavy atom. The lowest BCUT2D eigenvalue weighted by atomic mass is 10.1. The van der Waals surface area contributed by atoms with Gasteiger partial charge in [0.05, 0.1) is 7.11 Å². The number of nitrogens with zero attached hydrogens (tertiary/aromatic N) is 1. The Kier molecular flexibility index (Phi) is 6.33. The van der Waals surface area contributed by atoms with Crippen molar-refractivity contribution in [2.75, 3.05) is 19.0 Å². The maximum absolute atomic E-state index is 13.0. The molecule has 2 aromatic carbocycles. The summed E-state index contributed by atoms with van der Waals surface area (Å²) in [6.07, 6.45) is 2.95. The van der Waals surface area contributed by atoms with Crippen molar-refractivity contribution in [2.45, 2.75) is 6.42 Å². The highest BCUT2D eigenvalue weighted by atomic mass is 32.1. The summed E-state index contributed by atoms with van der Waals surface area (Å²) in [5.41, 5.74) is 1.37. The molecule has 8 heteroatoms. The van der Waals surface area contributed by atoms with Crippen LogP contribution in [0.1, 0.15) is 20.8 Å². The van der Waals surface area contributed by atoms with E-state index in [-0.39, 0.29) is 18.3 Å². The molecule has 0 saturated carbocycles. The number of halogens is 1. The molecule has 0 aliphatic heterocycles. The van der Waals surface area contributed by atoms with Crippen LogP contribution in [0.4, 0.5) is 9.52 Å². The number of carbonyl (C=O) groups excluding carboxylic acids is 2. The molecule has 0 unspecified atom stereocenters. The monoisotopic (exact) mass is 400 g/mol. The molecule has 1 amide bonds. The number of aromatic nitrogens is 1. The maximum atomic E-state index is 13.0. The third-order valence-electron chi connectivity index (χ3n) is 3.77. The van der Waals surface area contributed by atoms with E-state index in [4.69, 9.17) is 9.47 Å². The van der Waals surface area contributed by atoms with Crippen molar-refractivity contribution in [3.05, 3.63) is 70.5 Å². The largest absolute Gasteiger partial charge is 0.493 e. The lowest BCUT2D eigenvalue weighted by Crippen LogP contribution is -2.20. The molecule has 0 aliphatic carbocycles. The first kappa shape index (κ1) is 19.5. The molecule has 1 heterocycles. The van der Waals surface area contributed by atoms with Gasteiger partial charge in [-0.25, -0.2) is 9.37 Å². The number of amides is 1. The Labute approximate surface area is 164 Å². The van der Waals surface area contributed by atoms with Crippen LogP contribution in [0.2, 0.25) is 0 Å². The molecule has 144 valence electrons. The molecule has 28 heavy (non-hydrogen) atoms. The van der Waals surface area contributed by atoms with Gasteiger partial charge in [0.1, 0.15) is 12.1 Å². The SMILES string of the molecule is COc1ccc(C=O)cc1OCC(=O)Nc1ncc(Cc2ccc(F)cc2)s1. The number of hydrogen-bond donors (Lipinski definition) is 1. The Morgan fingerprint density at radius 1 is 1.21 bits per heavy atom. The second kappa shape index (κ2) is 9.09. The Hall–Kier alpha value is -3.26. The van der Waals surface area contributed by atoms with E-state index in [1.807, 2.05) is 0 Å². The molecular formula is C20H17FN2O4S. The third kappa shape index (κ3) is 5.14. The minimum Gasteiger partial charge on any atom is -0.493 e. The number of nitrogens with one attached hydrogen (secondary N) is 1. The van der Waals surface area contributed by atoms with E-state index < -0.39 is 0 Å². The van der Waals surface area contributed by atoms with Gasteiger partial charge in [0.15, 0.2) is 23.2 Å². The van der Waals surface area contributed by atoms with Gasteiger partial charge in [0.2, 0.25) is 0 Å². The van der Waals surface area contributed by atoms with Crippen LogP contribution >= 0.6 is 11.3 Å². The molecule has 1 N–H and O–H groups in total. The first-order valence-corrected chi connectivity index (χ1v) is 9.14. The first-order valence-electron chi connectivity index (χ1n) is 8.32. The van der Waals surface area contributed by atoms with Crippen LogP contribution in [0.25, 0.3) is 0 Å². The van der Waals surface area contributed by atoms with Gasteiger partial charge in [-0.1, -0.05) is 12.1 Å².